The Bertz CT molecular complexity index is 692. The second-order valence-corrected chi connectivity index (χ2v) is 6.30. The summed E-state index contributed by atoms with van der Waals surface area (Å²) in [6.45, 7) is 3.85. The Hall–Kier alpha value is -1.94. The van der Waals surface area contributed by atoms with E-state index < -0.39 is 10.8 Å². The Morgan fingerprint density at radius 2 is 1.86 bits per heavy atom. The lowest BCUT2D eigenvalue weighted by Gasteiger charge is -2.09. The number of rotatable bonds is 5. The zero-order chi connectivity index (χ0) is 15.4. The van der Waals surface area contributed by atoms with Crippen LogP contribution in [0.1, 0.15) is 21.5 Å². The molecule has 0 saturated heterocycles. The Morgan fingerprint density at radius 3 is 2.57 bits per heavy atom. The van der Waals surface area contributed by atoms with Crippen LogP contribution in [0.2, 0.25) is 0 Å². The Kier molecular flexibility index (Phi) is 4.91. The number of hydrogen-bond donors (Lipinski definition) is 0. The first-order valence-corrected chi connectivity index (χ1v) is 7.96. The summed E-state index contributed by atoms with van der Waals surface area (Å²) in [6, 6.07) is 12.8. The summed E-state index contributed by atoms with van der Waals surface area (Å²) in [5.41, 5.74) is 2.44. The Labute approximate surface area is 127 Å². The van der Waals surface area contributed by atoms with Crippen LogP contribution in [0.3, 0.4) is 0 Å². The molecule has 0 bridgehead atoms. The fraction of sp³-hybridized carbons (Fsp3) is 0.235. The highest BCUT2D eigenvalue weighted by Gasteiger charge is 2.17. The lowest BCUT2D eigenvalue weighted by Crippen LogP contribution is -2.13. The largest absolute Gasteiger partial charge is 0.496 e. The fourth-order valence-corrected chi connectivity index (χ4v) is 3.40. The molecule has 0 heterocycles. The zero-order valence-electron chi connectivity index (χ0n) is 12.4. The number of Topliss-reactive ketones (excluding diaryl/α,β-unsaturated/α-hetero) is 1. The van der Waals surface area contributed by atoms with Crippen LogP contribution < -0.4 is 4.74 Å². The molecule has 2 aromatic rings. The Balaban J connectivity index is 2.23. The molecule has 0 spiro atoms. The van der Waals surface area contributed by atoms with Gasteiger partial charge in [0, 0.05) is 4.90 Å². The van der Waals surface area contributed by atoms with Crippen LogP contribution in [0, 0.1) is 13.8 Å². The molecule has 21 heavy (non-hydrogen) atoms. The van der Waals surface area contributed by atoms with Crippen molar-refractivity contribution in [1.82, 2.24) is 0 Å². The number of methoxy groups -OCH3 is 1. The number of aryl methyl sites for hydroxylation is 2. The Morgan fingerprint density at radius 1 is 1.14 bits per heavy atom. The van der Waals surface area contributed by atoms with Crippen molar-refractivity contribution >= 4 is 16.6 Å². The summed E-state index contributed by atoms with van der Waals surface area (Å²) in [5.74, 6) is 0.303. The van der Waals surface area contributed by atoms with Crippen LogP contribution in [0.15, 0.2) is 47.4 Å². The van der Waals surface area contributed by atoms with Gasteiger partial charge in [0.15, 0.2) is 5.78 Å². The molecule has 1 unspecified atom stereocenters. The first-order chi connectivity index (χ1) is 10.0. The monoisotopic (exact) mass is 302 g/mol. The maximum atomic E-state index is 12.5. The summed E-state index contributed by atoms with van der Waals surface area (Å²) >= 11 is 0. The highest BCUT2D eigenvalue weighted by Crippen LogP contribution is 2.20. The van der Waals surface area contributed by atoms with E-state index in [4.69, 9.17) is 4.74 Å². The van der Waals surface area contributed by atoms with Crippen LogP contribution in [0.5, 0.6) is 5.75 Å². The van der Waals surface area contributed by atoms with E-state index in [0.717, 1.165) is 16.0 Å². The molecule has 0 amide bonds. The molecular formula is C17H18O3S. The molecule has 0 aliphatic rings. The SMILES string of the molecule is COc1ccccc1C(=O)CS(=O)c1cc(C)ccc1C. The van der Waals surface area contributed by atoms with Gasteiger partial charge in [-0.3, -0.25) is 9.00 Å². The van der Waals surface area contributed by atoms with Crippen molar-refractivity contribution in [2.75, 3.05) is 12.9 Å². The average Bonchev–Trinajstić information content (AvgIpc) is 2.49. The molecule has 1 atom stereocenters. The normalized spacial score (nSPS) is 12.0. The molecule has 0 fully saturated rings. The minimum absolute atomic E-state index is 0.0370. The summed E-state index contributed by atoms with van der Waals surface area (Å²) in [5, 5.41) is 0. The van der Waals surface area contributed by atoms with Gasteiger partial charge < -0.3 is 4.74 Å². The topological polar surface area (TPSA) is 43.4 Å². The number of para-hydroxylation sites is 1. The maximum Gasteiger partial charge on any atom is 0.179 e. The first-order valence-electron chi connectivity index (χ1n) is 6.64. The number of carbonyl (C=O) groups is 1. The molecule has 110 valence electrons. The predicted octanol–water partition coefficient (Wildman–Crippen LogP) is 3.30. The number of ketones is 1. The van der Waals surface area contributed by atoms with E-state index in [1.165, 1.54) is 7.11 Å². The van der Waals surface area contributed by atoms with E-state index >= 15 is 0 Å². The quantitative estimate of drug-likeness (QED) is 0.796. The molecule has 0 radical (unpaired) electrons. The molecule has 0 N–H and O–H groups in total. The van der Waals surface area contributed by atoms with Gasteiger partial charge in [0.2, 0.25) is 0 Å². The van der Waals surface area contributed by atoms with Gasteiger partial charge in [-0.15, -0.1) is 0 Å². The molecule has 0 saturated carbocycles. The lowest BCUT2D eigenvalue weighted by molar-refractivity contribution is 0.101. The summed E-state index contributed by atoms with van der Waals surface area (Å²) in [7, 11) is 0.170. The molecule has 3 nitrogen and oxygen atoms in total. The minimum atomic E-state index is -1.35. The summed E-state index contributed by atoms with van der Waals surface area (Å²) in [6.07, 6.45) is 0. The van der Waals surface area contributed by atoms with Crippen LogP contribution in [0.25, 0.3) is 0 Å². The van der Waals surface area contributed by atoms with Crippen molar-refractivity contribution < 1.29 is 13.7 Å². The molecule has 2 rings (SSSR count). The first kappa shape index (κ1) is 15.4. The number of hydrogen-bond acceptors (Lipinski definition) is 3. The van der Waals surface area contributed by atoms with E-state index in [0.29, 0.717) is 11.3 Å². The van der Waals surface area contributed by atoms with Crippen molar-refractivity contribution in [2.24, 2.45) is 0 Å². The second-order valence-electron chi connectivity index (χ2n) is 4.88. The van der Waals surface area contributed by atoms with Gasteiger partial charge in [-0.1, -0.05) is 24.3 Å². The lowest BCUT2D eigenvalue weighted by atomic mass is 10.1. The zero-order valence-corrected chi connectivity index (χ0v) is 13.2. The van der Waals surface area contributed by atoms with Crippen LogP contribution >= 0.6 is 0 Å². The van der Waals surface area contributed by atoms with E-state index in [2.05, 4.69) is 0 Å². The van der Waals surface area contributed by atoms with Crippen molar-refractivity contribution in [3.05, 3.63) is 59.2 Å². The third-order valence-corrected chi connectivity index (χ3v) is 4.71. The van der Waals surface area contributed by atoms with Gasteiger partial charge >= 0.3 is 0 Å². The highest BCUT2D eigenvalue weighted by atomic mass is 32.2. The van der Waals surface area contributed by atoms with E-state index in [9.17, 15) is 9.00 Å². The number of ether oxygens (including phenoxy) is 1. The van der Waals surface area contributed by atoms with Gasteiger partial charge in [0.1, 0.15) is 5.75 Å². The minimum Gasteiger partial charge on any atom is -0.496 e. The molecule has 0 aliphatic heterocycles. The number of carbonyl (C=O) groups excluding carboxylic acids is 1. The third-order valence-electron chi connectivity index (χ3n) is 3.26. The summed E-state index contributed by atoms with van der Waals surface area (Å²) in [4.78, 5) is 13.1. The van der Waals surface area contributed by atoms with Crippen LogP contribution in [-0.2, 0) is 10.8 Å². The van der Waals surface area contributed by atoms with Gasteiger partial charge in [-0.25, -0.2) is 0 Å². The predicted molar refractivity (Wildman–Crippen MR) is 84.5 cm³/mol. The summed E-state index contributed by atoms with van der Waals surface area (Å²) < 4.78 is 17.6. The van der Waals surface area contributed by atoms with Crippen molar-refractivity contribution in [1.29, 1.82) is 0 Å². The standard InChI is InChI=1S/C17H18O3S/c1-12-8-9-13(2)17(10-12)21(19)11-15(18)14-6-4-5-7-16(14)20-3/h4-10H,11H2,1-3H3. The van der Waals surface area contributed by atoms with Crippen LogP contribution in [0.4, 0.5) is 0 Å². The second kappa shape index (κ2) is 6.68. The van der Waals surface area contributed by atoms with Crippen molar-refractivity contribution in [3.8, 4) is 5.75 Å². The number of benzene rings is 2. The smallest absolute Gasteiger partial charge is 0.179 e. The van der Waals surface area contributed by atoms with Gasteiger partial charge in [-0.05, 0) is 43.2 Å². The average molecular weight is 302 g/mol. The van der Waals surface area contributed by atoms with Crippen molar-refractivity contribution in [3.63, 3.8) is 0 Å². The molecule has 4 heteroatoms. The molecular weight excluding hydrogens is 284 g/mol. The maximum absolute atomic E-state index is 12.5. The van der Waals surface area contributed by atoms with Gasteiger partial charge in [-0.2, -0.15) is 0 Å². The van der Waals surface area contributed by atoms with Gasteiger partial charge in [0.05, 0.1) is 29.2 Å². The van der Waals surface area contributed by atoms with E-state index in [1.54, 1.807) is 24.3 Å². The van der Waals surface area contributed by atoms with Gasteiger partial charge in [0.25, 0.3) is 0 Å². The van der Waals surface area contributed by atoms with Crippen molar-refractivity contribution in [2.45, 2.75) is 18.7 Å². The van der Waals surface area contributed by atoms with E-state index in [1.807, 2.05) is 32.0 Å². The molecule has 0 aliphatic carbocycles. The molecule has 2 aromatic carbocycles. The fourth-order valence-electron chi connectivity index (χ4n) is 2.10. The highest BCUT2D eigenvalue weighted by molar-refractivity contribution is 7.85. The molecule has 0 aromatic heterocycles. The van der Waals surface area contributed by atoms with E-state index in [-0.39, 0.29) is 11.5 Å². The van der Waals surface area contributed by atoms with Crippen LogP contribution in [-0.4, -0.2) is 22.9 Å². The third kappa shape index (κ3) is 3.58.